The topological polar surface area (TPSA) is 37.3 Å². The minimum absolute atomic E-state index is 0.910. The second-order valence-corrected chi connectivity index (χ2v) is 4.76. The van der Waals surface area contributed by atoms with Crippen LogP contribution in [0.2, 0.25) is 0 Å². The Labute approximate surface area is 104 Å². The summed E-state index contributed by atoms with van der Waals surface area (Å²) in [7, 11) is 0. The van der Waals surface area contributed by atoms with Gasteiger partial charge >= 0.3 is 5.97 Å². The molecule has 0 bridgehead atoms. The van der Waals surface area contributed by atoms with Crippen molar-refractivity contribution in [2.75, 3.05) is 0 Å². The van der Waals surface area contributed by atoms with Gasteiger partial charge in [-0.25, -0.2) is 4.79 Å². The lowest BCUT2D eigenvalue weighted by Crippen LogP contribution is -1.90. The fourth-order valence-corrected chi connectivity index (χ4v) is 2.06. The number of benzene rings is 1. The molecule has 0 aliphatic rings. The number of hydrogen-bond donors (Lipinski definition) is 1. The minimum Gasteiger partial charge on any atom is -0.478 e. The molecule has 1 rings (SSSR count). The summed E-state index contributed by atoms with van der Waals surface area (Å²) >= 11 is 5.61. The Morgan fingerprint density at radius 1 is 1.57 bits per heavy atom. The summed E-state index contributed by atoms with van der Waals surface area (Å²) in [5, 5.41) is 8.52. The van der Waals surface area contributed by atoms with E-state index in [0.717, 1.165) is 25.2 Å². The van der Waals surface area contributed by atoms with E-state index in [1.807, 2.05) is 19.1 Å². The van der Waals surface area contributed by atoms with Crippen LogP contribution in [0.5, 0.6) is 0 Å². The van der Waals surface area contributed by atoms with Crippen molar-refractivity contribution in [3.8, 4) is 0 Å². The van der Waals surface area contributed by atoms with Crippen LogP contribution in [-0.2, 0) is 4.79 Å². The van der Waals surface area contributed by atoms with E-state index in [9.17, 15) is 4.79 Å². The first kappa shape index (κ1) is 11.7. The van der Waals surface area contributed by atoms with Crippen LogP contribution < -0.4 is 0 Å². The third-order valence-corrected chi connectivity index (χ3v) is 3.65. The molecule has 0 saturated carbocycles. The van der Waals surface area contributed by atoms with Gasteiger partial charge in [0.2, 0.25) is 0 Å². The zero-order chi connectivity index (χ0) is 10.7. The molecule has 0 amide bonds. The van der Waals surface area contributed by atoms with Crippen LogP contribution in [0.4, 0.5) is 0 Å². The molecule has 74 valence electrons. The van der Waals surface area contributed by atoms with Gasteiger partial charge in [-0.3, -0.25) is 0 Å². The minimum atomic E-state index is -0.935. The van der Waals surface area contributed by atoms with Gasteiger partial charge < -0.3 is 5.11 Å². The highest BCUT2D eigenvalue weighted by Gasteiger charge is 2.03. The zero-order valence-electron chi connectivity index (χ0n) is 7.42. The van der Waals surface area contributed by atoms with Gasteiger partial charge in [0, 0.05) is 14.1 Å². The molecule has 14 heavy (non-hydrogen) atoms. The molecule has 2 nitrogen and oxygen atoms in total. The Bertz CT molecular complexity index is 399. The summed E-state index contributed by atoms with van der Waals surface area (Å²) in [4.78, 5) is 10.4. The van der Waals surface area contributed by atoms with Crippen molar-refractivity contribution in [1.82, 2.24) is 0 Å². The molecule has 1 aromatic carbocycles. The monoisotopic (exact) mass is 366 g/mol. The van der Waals surface area contributed by atoms with Crippen molar-refractivity contribution < 1.29 is 9.90 Å². The van der Waals surface area contributed by atoms with Crippen molar-refractivity contribution >= 4 is 50.6 Å². The first-order valence-corrected chi connectivity index (χ1v) is 5.75. The highest BCUT2D eigenvalue weighted by Crippen LogP contribution is 2.25. The van der Waals surface area contributed by atoms with E-state index in [4.69, 9.17) is 5.11 Å². The maximum atomic E-state index is 10.4. The van der Waals surface area contributed by atoms with E-state index in [1.165, 1.54) is 0 Å². The summed E-state index contributed by atoms with van der Waals surface area (Å²) in [6.45, 7) is 1.97. The van der Waals surface area contributed by atoms with E-state index in [1.54, 1.807) is 6.08 Å². The van der Waals surface area contributed by atoms with Crippen molar-refractivity contribution in [2.45, 2.75) is 6.92 Å². The number of aliphatic carboxylic acids is 1. The van der Waals surface area contributed by atoms with Crippen LogP contribution in [0.15, 0.2) is 22.7 Å². The molecule has 0 spiro atoms. The fourth-order valence-electron chi connectivity index (χ4n) is 1.03. The second-order valence-electron chi connectivity index (χ2n) is 2.74. The predicted molar refractivity (Wildman–Crippen MR) is 68.3 cm³/mol. The molecule has 0 atom stereocenters. The maximum Gasteiger partial charge on any atom is 0.328 e. The summed E-state index contributed by atoms with van der Waals surface area (Å²) in [6, 6.07) is 3.90. The van der Waals surface area contributed by atoms with Gasteiger partial charge in [-0.05, 0) is 58.9 Å². The SMILES string of the molecule is Cc1c(I)ccc(Br)c1/C=C/C(=O)O. The Kier molecular flexibility index (Phi) is 4.12. The van der Waals surface area contributed by atoms with Crippen LogP contribution in [0.1, 0.15) is 11.1 Å². The van der Waals surface area contributed by atoms with Crippen LogP contribution in [-0.4, -0.2) is 11.1 Å². The van der Waals surface area contributed by atoms with Gasteiger partial charge in [-0.2, -0.15) is 0 Å². The van der Waals surface area contributed by atoms with Gasteiger partial charge in [0.05, 0.1) is 0 Å². The van der Waals surface area contributed by atoms with Crippen LogP contribution in [0.3, 0.4) is 0 Å². The number of carboxylic acid groups (broad SMARTS) is 1. The standard InChI is InChI=1S/C10H8BrIO2/c1-6-7(2-5-10(13)14)8(11)3-4-9(6)12/h2-5H,1H3,(H,13,14)/b5-2+. The third-order valence-electron chi connectivity index (χ3n) is 1.79. The molecule has 1 aromatic rings. The predicted octanol–water partition coefficient (Wildman–Crippen LogP) is 3.46. The summed E-state index contributed by atoms with van der Waals surface area (Å²) in [6.07, 6.45) is 2.74. The summed E-state index contributed by atoms with van der Waals surface area (Å²) in [5.41, 5.74) is 2.00. The second kappa shape index (κ2) is 4.93. The van der Waals surface area contributed by atoms with Crippen molar-refractivity contribution in [1.29, 1.82) is 0 Å². The summed E-state index contributed by atoms with van der Waals surface area (Å²) < 4.78 is 2.03. The van der Waals surface area contributed by atoms with E-state index >= 15 is 0 Å². The van der Waals surface area contributed by atoms with Crippen molar-refractivity contribution in [3.05, 3.63) is 37.4 Å². The Morgan fingerprint density at radius 2 is 2.21 bits per heavy atom. The number of rotatable bonds is 2. The molecule has 0 saturated heterocycles. The Hall–Kier alpha value is -0.360. The molecule has 0 aliphatic heterocycles. The Morgan fingerprint density at radius 3 is 2.79 bits per heavy atom. The lowest BCUT2D eigenvalue weighted by Gasteiger charge is -2.05. The lowest BCUT2D eigenvalue weighted by molar-refractivity contribution is -0.131. The average Bonchev–Trinajstić information content (AvgIpc) is 2.11. The molecule has 0 heterocycles. The molecule has 0 aromatic heterocycles. The van der Waals surface area contributed by atoms with E-state index in [-0.39, 0.29) is 0 Å². The molecule has 0 unspecified atom stereocenters. The number of carbonyl (C=O) groups is 1. The smallest absolute Gasteiger partial charge is 0.328 e. The van der Waals surface area contributed by atoms with Crippen LogP contribution >= 0.6 is 38.5 Å². The van der Waals surface area contributed by atoms with Crippen LogP contribution in [0.25, 0.3) is 6.08 Å². The average molecular weight is 367 g/mol. The molecule has 0 fully saturated rings. The van der Waals surface area contributed by atoms with Crippen molar-refractivity contribution in [3.63, 3.8) is 0 Å². The highest BCUT2D eigenvalue weighted by atomic mass is 127. The van der Waals surface area contributed by atoms with Crippen molar-refractivity contribution in [2.24, 2.45) is 0 Å². The molecular formula is C10H8BrIO2. The largest absolute Gasteiger partial charge is 0.478 e. The quantitative estimate of drug-likeness (QED) is 0.642. The normalized spacial score (nSPS) is 10.8. The molecule has 1 N–H and O–H groups in total. The highest BCUT2D eigenvalue weighted by molar-refractivity contribution is 14.1. The molecule has 4 heteroatoms. The summed E-state index contributed by atoms with van der Waals surface area (Å²) in [5.74, 6) is -0.935. The van der Waals surface area contributed by atoms with E-state index < -0.39 is 5.97 Å². The third kappa shape index (κ3) is 2.81. The fraction of sp³-hybridized carbons (Fsp3) is 0.100. The number of halogens is 2. The van der Waals surface area contributed by atoms with E-state index in [2.05, 4.69) is 38.5 Å². The number of hydrogen-bond acceptors (Lipinski definition) is 1. The molecular weight excluding hydrogens is 359 g/mol. The van der Waals surface area contributed by atoms with Crippen LogP contribution in [0, 0.1) is 10.5 Å². The maximum absolute atomic E-state index is 10.4. The van der Waals surface area contributed by atoms with Gasteiger partial charge in [-0.15, -0.1) is 0 Å². The Balaban J connectivity index is 3.19. The van der Waals surface area contributed by atoms with Gasteiger partial charge in [0.15, 0.2) is 0 Å². The first-order chi connectivity index (χ1) is 6.52. The van der Waals surface area contributed by atoms with E-state index in [0.29, 0.717) is 0 Å². The molecule has 0 aliphatic carbocycles. The van der Waals surface area contributed by atoms with Gasteiger partial charge in [-0.1, -0.05) is 15.9 Å². The zero-order valence-corrected chi connectivity index (χ0v) is 11.2. The lowest BCUT2D eigenvalue weighted by atomic mass is 10.1. The molecule has 0 radical (unpaired) electrons. The van der Waals surface area contributed by atoms with Gasteiger partial charge in [0.1, 0.15) is 0 Å². The first-order valence-electron chi connectivity index (χ1n) is 3.88. The van der Waals surface area contributed by atoms with Gasteiger partial charge in [0.25, 0.3) is 0 Å². The number of carboxylic acids is 1.